The van der Waals surface area contributed by atoms with Gasteiger partial charge in [0.15, 0.2) is 0 Å². The lowest BCUT2D eigenvalue weighted by Crippen LogP contribution is -2.03. The zero-order valence-corrected chi connectivity index (χ0v) is 34.8. The third-order valence-corrected chi connectivity index (χ3v) is 13.6. The molecule has 0 saturated carbocycles. The molecule has 4 heterocycles. The highest BCUT2D eigenvalue weighted by atomic mass is 16.3. The van der Waals surface area contributed by atoms with Gasteiger partial charge in [0.25, 0.3) is 0 Å². The van der Waals surface area contributed by atoms with Crippen molar-refractivity contribution < 1.29 is 8.83 Å². The van der Waals surface area contributed by atoms with Gasteiger partial charge in [-0.3, -0.25) is 0 Å². The zero-order valence-electron chi connectivity index (χ0n) is 34.8. The number of hydrogen-bond acceptors (Lipinski definition) is 2. The van der Waals surface area contributed by atoms with Crippen molar-refractivity contribution >= 4 is 88.3 Å². The predicted octanol–water partition coefficient (Wildman–Crippen LogP) is 16.5. The normalized spacial score (nSPS) is 13.0. The SMILES string of the molecule is C1=C(n2c3ccccc3c3ccccc32)CCc2oc3c(-c4cc(-c5ccccc5)cc(-c5ccccc5)c4)c4oc5ccc(-n6c7ccccc7c7ccccc76)cc5c4cc3c21. The Morgan fingerprint density at radius 3 is 1.42 bits per heavy atom. The van der Waals surface area contributed by atoms with Gasteiger partial charge in [-0.15, -0.1) is 0 Å². The molecule has 0 unspecified atom stereocenters. The van der Waals surface area contributed by atoms with Crippen molar-refractivity contribution in [2.75, 3.05) is 0 Å². The van der Waals surface area contributed by atoms with E-state index < -0.39 is 0 Å². The molecular formula is C60H38N2O2. The summed E-state index contributed by atoms with van der Waals surface area (Å²) in [5.74, 6) is 1.01. The van der Waals surface area contributed by atoms with Crippen LogP contribution in [0.2, 0.25) is 0 Å². The monoisotopic (exact) mass is 818 g/mol. The molecule has 0 fully saturated rings. The summed E-state index contributed by atoms with van der Waals surface area (Å²) in [6, 6.07) is 72.2. The molecule has 0 N–H and O–H groups in total. The zero-order chi connectivity index (χ0) is 41.9. The van der Waals surface area contributed by atoms with Crippen LogP contribution >= 0.6 is 0 Å². The number of hydrogen-bond donors (Lipinski definition) is 0. The lowest BCUT2D eigenvalue weighted by atomic mass is 9.91. The first-order valence-corrected chi connectivity index (χ1v) is 22.1. The lowest BCUT2D eigenvalue weighted by molar-refractivity contribution is 0.546. The number of para-hydroxylation sites is 4. The maximum absolute atomic E-state index is 7.17. The van der Waals surface area contributed by atoms with Gasteiger partial charge in [0.1, 0.15) is 22.5 Å². The summed E-state index contributed by atoms with van der Waals surface area (Å²) < 4.78 is 19.1. The number of aryl methyl sites for hydroxylation is 1. The molecule has 0 bridgehead atoms. The molecule has 13 aromatic rings. The summed E-state index contributed by atoms with van der Waals surface area (Å²) in [5.41, 5.74) is 17.4. The first-order valence-electron chi connectivity index (χ1n) is 22.1. The van der Waals surface area contributed by atoms with Crippen molar-refractivity contribution in [2.24, 2.45) is 0 Å². The van der Waals surface area contributed by atoms with Gasteiger partial charge < -0.3 is 18.0 Å². The topological polar surface area (TPSA) is 36.1 Å². The molecule has 4 heteroatoms. The van der Waals surface area contributed by atoms with Gasteiger partial charge in [0.2, 0.25) is 0 Å². The molecule has 300 valence electrons. The first kappa shape index (κ1) is 35.3. The Balaban J connectivity index is 1.07. The third-order valence-electron chi connectivity index (χ3n) is 13.6. The summed E-state index contributed by atoms with van der Waals surface area (Å²) in [7, 11) is 0. The fourth-order valence-electron chi connectivity index (χ4n) is 10.7. The van der Waals surface area contributed by atoms with E-state index in [1.54, 1.807) is 0 Å². The maximum atomic E-state index is 7.17. The molecule has 4 aromatic heterocycles. The van der Waals surface area contributed by atoms with Crippen LogP contribution in [0.25, 0.3) is 127 Å². The van der Waals surface area contributed by atoms with Crippen LogP contribution in [0.1, 0.15) is 17.7 Å². The molecule has 1 aliphatic carbocycles. The van der Waals surface area contributed by atoms with E-state index in [0.717, 1.165) is 96.1 Å². The van der Waals surface area contributed by atoms with Crippen LogP contribution in [0, 0.1) is 0 Å². The molecule has 0 spiro atoms. The largest absolute Gasteiger partial charge is 0.460 e. The van der Waals surface area contributed by atoms with E-state index in [4.69, 9.17) is 8.83 Å². The van der Waals surface area contributed by atoms with Gasteiger partial charge >= 0.3 is 0 Å². The molecule has 4 nitrogen and oxygen atoms in total. The van der Waals surface area contributed by atoms with Crippen molar-refractivity contribution in [1.29, 1.82) is 0 Å². The van der Waals surface area contributed by atoms with Crippen LogP contribution in [-0.4, -0.2) is 9.13 Å². The molecule has 0 atom stereocenters. The summed E-state index contributed by atoms with van der Waals surface area (Å²) in [6.07, 6.45) is 4.03. The minimum Gasteiger partial charge on any atom is -0.460 e. The number of benzene rings is 9. The molecule has 0 radical (unpaired) electrons. The minimum atomic E-state index is 0.787. The quantitative estimate of drug-likeness (QED) is 0.173. The molecular weight excluding hydrogens is 781 g/mol. The Morgan fingerprint density at radius 2 is 0.844 bits per heavy atom. The summed E-state index contributed by atoms with van der Waals surface area (Å²) in [4.78, 5) is 0. The molecule has 1 aliphatic rings. The van der Waals surface area contributed by atoms with Crippen LogP contribution in [0.15, 0.2) is 209 Å². The number of rotatable bonds is 5. The number of furan rings is 2. The van der Waals surface area contributed by atoms with E-state index in [-0.39, 0.29) is 0 Å². The molecule has 0 aliphatic heterocycles. The molecule has 9 aromatic carbocycles. The Kier molecular flexibility index (Phi) is 7.48. The molecule has 0 saturated heterocycles. The van der Waals surface area contributed by atoms with Gasteiger partial charge in [0, 0.05) is 61.1 Å². The number of nitrogens with zero attached hydrogens (tertiary/aromatic N) is 2. The Hall–Kier alpha value is -8.34. The Labute approximate surface area is 368 Å². The van der Waals surface area contributed by atoms with Crippen molar-refractivity contribution in [1.82, 2.24) is 9.13 Å². The number of fused-ring (bicyclic) bond motifs is 12. The highest BCUT2D eigenvalue weighted by Crippen LogP contribution is 2.48. The second-order valence-corrected chi connectivity index (χ2v) is 17.1. The van der Waals surface area contributed by atoms with Gasteiger partial charge in [-0.1, -0.05) is 133 Å². The predicted molar refractivity (Wildman–Crippen MR) is 266 cm³/mol. The average molecular weight is 819 g/mol. The van der Waals surface area contributed by atoms with E-state index in [2.05, 4.69) is 215 Å². The van der Waals surface area contributed by atoms with E-state index in [0.29, 0.717) is 0 Å². The standard InChI is InChI=1S/C60H38N2O2/c1-3-15-37(16-4-1)39-31-40(38-17-5-2-6-18-38)33-41(32-39)58-59-50(48-34-42(27-29-56(48)63-59)61-52-23-11-7-19-44(52)45-20-8-12-24-53(45)61)36-51-49-35-43(28-30-57(49)64-60(51)58)62-54-25-13-9-21-46(54)47-22-10-14-26-55(47)62/h1-27,29,31-36H,28,30H2. The van der Waals surface area contributed by atoms with Crippen molar-refractivity contribution in [2.45, 2.75) is 12.8 Å². The fraction of sp³-hybridized carbons (Fsp3) is 0.0333. The van der Waals surface area contributed by atoms with Crippen LogP contribution in [-0.2, 0) is 6.42 Å². The van der Waals surface area contributed by atoms with Gasteiger partial charge in [-0.05, 0) is 107 Å². The van der Waals surface area contributed by atoms with E-state index in [9.17, 15) is 0 Å². The smallest absolute Gasteiger partial charge is 0.147 e. The molecule has 64 heavy (non-hydrogen) atoms. The van der Waals surface area contributed by atoms with Crippen LogP contribution in [0.5, 0.6) is 0 Å². The van der Waals surface area contributed by atoms with Crippen molar-refractivity contribution in [3.05, 3.63) is 212 Å². The van der Waals surface area contributed by atoms with Gasteiger partial charge in [0.05, 0.1) is 27.6 Å². The Morgan fingerprint density at radius 1 is 0.344 bits per heavy atom. The van der Waals surface area contributed by atoms with E-state index >= 15 is 0 Å². The first-order chi connectivity index (χ1) is 31.7. The number of allylic oxidation sites excluding steroid dienone is 1. The number of aromatic nitrogens is 2. The third kappa shape index (κ3) is 5.17. The van der Waals surface area contributed by atoms with Gasteiger partial charge in [-0.25, -0.2) is 0 Å². The minimum absolute atomic E-state index is 0.787. The van der Waals surface area contributed by atoms with Crippen molar-refractivity contribution in [3.8, 4) is 39.1 Å². The van der Waals surface area contributed by atoms with Crippen LogP contribution in [0.3, 0.4) is 0 Å². The average Bonchev–Trinajstić information content (AvgIpc) is 4.11. The highest BCUT2D eigenvalue weighted by Gasteiger charge is 2.27. The van der Waals surface area contributed by atoms with E-state index in [1.165, 1.54) is 49.3 Å². The lowest BCUT2D eigenvalue weighted by Gasteiger charge is -2.16. The van der Waals surface area contributed by atoms with Gasteiger partial charge in [-0.2, -0.15) is 0 Å². The van der Waals surface area contributed by atoms with Crippen LogP contribution < -0.4 is 0 Å². The maximum Gasteiger partial charge on any atom is 0.147 e. The summed E-state index contributed by atoms with van der Waals surface area (Å²) >= 11 is 0. The highest BCUT2D eigenvalue weighted by molar-refractivity contribution is 6.20. The Bertz CT molecular complexity index is 3900. The second kappa shape index (κ2) is 13.6. The van der Waals surface area contributed by atoms with Crippen LogP contribution in [0.4, 0.5) is 0 Å². The molecule has 14 rings (SSSR count). The summed E-state index contributed by atoms with van der Waals surface area (Å²) in [6.45, 7) is 0. The van der Waals surface area contributed by atoms with Crippen molar-refractivity contribution in [3.63, 3.8) is 0 Å². The van der Waals surface area contributed by atoms with E-state index in [1.807, 2.05) is 0 Å². The fourth-order valence-corrected chi connectivity index (χ4v) is 10.7. The summed E-state index contributed by atoms with van der Waals surface area (Å²) in [5, 5.41) is 8.23. The molecule has 0 amide bonds. The second-order valence-electron chi connectivity index (χ2n) is 17.1.